The van der Waals surface area contributed by atoms with Crippen LogP contribution in [0.1, 0.15) is 12.5 Å². The molecule has 2 heterocycles. The first-order valence-corrected chi connectivity index (χ1v) is 8.19. The summed E-state index contributed by atoms with van der Waals surface area (Å²) in [5, 5.41) is 11.5. The molecule has 3 rings (SSSR count). The van der Waals surface area contributed by atoms with Crippen LogP contribution >= 0.6 is 11.8 Å². The quantitative estimate of drug-likeness (QED) is 0.677. The van der Waals surface area contributed by atoms with Crippen LogP contribution < -0.4 is 10.2 Å². The number of carbonyl (C=O) groups is 1. The zero-order valence-electron chi connectivity index (χ0n) is 12.4. The lowest BCUT2D eigenvalue weighted by atomic mass is 10.1. The molecule has 0 unspecified atom stereocenters. The highest BCUT2D eigenvalue weighted by atomic mass is 32.2. The number of nitrogens with zero attached hydrogens (tertiary/aromatic N) is 3. The average Bonchev–Trinajstić information content (AvgIpc) is 2.99. The minimum Gasteiger partial charge on any atom is -0.378 e. The van der Waals surface area contributed by atoms with Crippen molar-refractivity contribution in [2.24, 2.45) is 10.2 Å². The van der Waals surface area contributed by atoms with Gasteiger partial charge in [0.1, 0.15) is 0 Å². The Labute approximate surface area is 133 Å². The maximum absolute atomic E-state index is 11.1. The van der Waals surface area contributed by atoms with E-state index in [1.807, 2.05) is 19.1 Å². The van der Waals surface area contributed by atoms with E-state index in [0.29, 0.717) is 10.9 Å². The summed E-state index contributed by atoms with van der Waals surface area (Å²) in [5.41, 5.74) is 3.04. The molecule has 2 aliphatic rings. The summed E-state index contributed by atoms with van der Waals surface area (Å²) in [6.07, 6.45) is 0. The minimum absolute atomic E-state index is 0.0218. The number of nitrogens with one attached hydrogen (secondary N) is 1. The van der Waals surface area contributed by atoms with Gasteiger partial charge < -0.3 is 15.0 Å². The van der Waals surface area contributed by atoms with E-state index in [2.05, 4.69) is 32.6 Å². The highest BCUT2D eigenvalue weighted by Gasteiger charge is 2.16. The highest BCUT2D eigenvalue weighted by Crippen LogP contribution is 2.17. The number of carbonyl (C=O) groups excluding carboxylic acids is 1. The van der Waals surface area contributed by atoms with Crippen LogP contribution in [0.15, 0.2) is 34.5 Å². The van der Waals surface area contributed by atoms with Crippen molar-refractivity contribution in [2.75, 3.05) is 37.0 Å². The van der Waals surface area contributed by atoms with Crippen LogP contribution in [0.2, 0.25) is 0 Å². The van der Waals surface area contributed by atoms with Gasteiger partial charge in [-0.2, -0.15) is 5.10 Å². The van der Waals surface area contributed by atoms with E-state index in [9.17, 15) is 4.79 Å². The van der Waals surface area contributed by atoms with Gasteiger partial charge >= 0.3 is 0 Å². The van der Waals surface area contributed by atoms with E-state index in [1.54, 1.807) is 0 Å². The Morgan fingerprint density at radius 2 is 2.00 bits per heavy atom. The van der Waals surface area contributed by atoms with Crippen molar-refractivity contribution in [1.82, 2.24) is 5.32 Å². The molecule has 0 saturated carbocycles. The molecule has 2 aliphatic heterocycles. The number of morpholine rings is 1. The number of hydrogen-bond donors (Lipinski definition) is 1. The van der Waals surface area contributed by atoms with Crippen LogP contribution in [0.3, 0.4) is 0 Å². The van der Waals surface area contributed by atoms with E-state index in [0.717, 1.165) is 37.6 Å². The molecule has 2 saturated heterocycles. The molecule has 0 spiro atoms. The molecular weight excluding hydrogens is 300 g/mol. The number of amidine groups is 1. The van der Waals surface area contributed by atoms with E-state index in [1.165, 1.54) is 17.4 Å². The lowest BCUT2D eigenvalue weighted by molar-refractivity contribution is -0.116. The normalized spacial score (nSPS) is 21.3. The predicted molar refractivity (Wildman–Crippen MR) is 89.7 cm³/mol. The van der Waals surface area contributed by atoms with Gasteiger partial charge in [0.05, 0.1) is 24.7 Å². The fraction of sp³-hybridized carbons (Fsp3) is 0.400. The summed E-state index contributed by atoms with van der Waals surface area (Å²) in [7, 11) is 0. The van der Waals surface area contributed by atoms with E-state index in [4.69, 9.17) is 4.74 Å². The van der Waals surface area contributed by atoms with Gasteiger partial charge in [-0.1, -0.05) is 23.9 Å². The zero-order chi connectivity index (χ0) is 15.4. The van der Waals surface area contributed by atoms with Gasteiger partial charge in [-0.3, -0.25) is 4.79 Å². The maximum atomic E-state index is 11.1. The van der Waals surface area contributed by atoms with Crippen LogP contribution in [0, 0.1) is 0 Å². The van der Waals surface area contributed by atoms with Crippen LogP contribution in [0.25, 0.3) is 0 Å². The number of benzene rings is 1. The van der Waals surface area contributed by atoms with Crippen molar-refractivity contribution in [1.29, 1.82) is 0 Å². The molecule has 116 valence electrons. The molecule has 2 fully saturated rings. The molecule has 1 amide bonds. The van der Waals surface area contributed by atoms with Crippen LogP contribution in [0.4, 0.5) is 5.69 Å². The molecule has 7 heteroatoms. The topological polar surface area (TPSA) is 66.3 Å². The van der Waals surface area contributed by atoms with E-state index >= 15 is 0 Å². The van der Waals surface area contributed by atoms with Gasteiger partial charge in [0, 0.05) is 18.8 Å². The molecule has 0 aromatic heterocycles. The maximum Gasteiger partial charge on any atom is 0.236 e. The number of anilines is 1. The van der Waals surface area contributed by atoms with Gasteiger partial charge in [-0.05, 0) is 24.6 Å². The monoisotopic (exact) mass is 318 g/mol. The first-order chi connectivity index (χ1) is 10.7. The molecule has 0 aliphatic carbocycles. The Hall–Kier alpha value is -1.86. The second-order valence-corrected chi connectivity index (χ2v) is 6.04. The second kappa shape index (κ2) is 6.93. The summed E-state index contributed by atoms with van der Waals surface area (Å²) < 4.78 is 5.36. The lowest BCUT2D eigenvalue weighted by Gasteiger charge is -2.28. The molecule has 0 radical (unpaired) electrons. The summed E-state index contributed by atoms with van der Waals surface area (Å²) in [4.78, 5) is 13.4. The molecule has 6 nitrogen and oxygen atoms in total. The Morgan fingerprint density at radius 3 is 2.64 bits per heavy atom. The minimum atomic E-state index is -0.0218. The van der Waals surface area contributed by atoms with Crippen LogP contribution in [-0.2, 0) is 9.53 Å². The van der Waals surface area contributed by atoms with E-state index < -0.39 is 0 Å². The molecule has 1 N–H and O–H groups in total. The number of amides is 1. The largest absolute Gasteiger partial charge is 0.378 e. The Kier molecular flexibility index (Phi) is 4.74. The summed E-state index contributed by atoms with van der Waals surface area (Å²) >= 11 is 1.37. The van der Waals surface area contributed by atoms with Gasteiger partial charge in [-0.25, -0.2) is 0 Å². The number of rotatable bonds is 3. The smallest absolute Gasteiger partial charge is 0.236 e. The Balaban J connectivity index is 1.67. The molecule has 22 heavy (non-hydrogen) atoms. The number of hydrogen-bond acceptors (Lipinski definition) is 6. The number of thioether (sulfide) groups is 1. The van der Waals surface area contributed by atoms with Gasteiger partial charge in [0.25, 0.3) is 0 Å². The lowest BCUT2D eigenvalue weighted by Crippen LogP contribution is -2.36. The van der Waals surface area contributed by atoms with Crippen molar-refractivity contribution in [3.05, 3.63) is 29.8 Å². The zero-order valence-corrected chi connectivity index (χ0v) is 13.2. The molecule has 1 aromatic rings. The third-order valence-electron chi connectivity index (χ3n) is 3.54. The molecule has 0 bridgehead atoms. The highest BCUT2D eigenvalue weighted by molar-refractivity contribution is 8.15. The van der Waals surface area contributed by atoms with Crippen LogP contribution in [-0.4, -0.2) is 48.8 Å². The fourth-order valence-corrected chi connectivity index (χ4v) is 2.92. The Morgan fingerprint density at radius 1 is 1.27 bits per heavy atom. The third kappa shape index (κ3) is 3.66. The van der Waals surface area contributed by atoms with Crippen LogP contribution in [0.5, 0.6) is 0 Å². The average molecular weight is 318 g/mol. The SMILES string of the molecule is C/C(=N\N=C1NC(=O)CS1)c1ccc(N2CCOCC2)cc1. The molecular formula is C15H18N4O2S. The fourth-order valence-electron chi connectivity index (χ4n) is 2.29. The van der Waals surface area contributed by atoms with Gasteiger partial charge in [0.15, 0.2) is 5.17 Å². The van der Waals surface area contributed by atoms with Crippen molar-refractivity contribution < 1.29 is 9.53 Å². The first kappa shape index (κ1) is 15.1. The number of ether oxygens (including phenoxy) is 1. The first-order valence-electron chi connectivity index (χ1n) is 7.20. The van der Waals surface area contributed by atoms with E-state index in [-0.39, 0.29) is 5.91 Å². The third-order valence-corrected chi connectivity index (χ3v) is 4.40. The standard InChI is InChI=1S/C15H18N4O2S/c1-11(17-18-15-16-14(20)10-22-15)12-2-4-13(5-3-12)19-6-8-21-9-7-19/h2-5H,6-10H2,1H3,(H,16,18,20)/b17-11+. The molecule has 1 aromatic carbocycles. The van der Waals surface area contributed by atoms with Gasteiger partial charge in [-0.15, -0.1) is 5.10 Å². The van der Waals surface area contributed by atoms with Crippen molar-refractivity contribution in [2.45, 2.75) is 6.92 Å². The van der Waals surface area contributed by atoms with Gasteiger partial charge in [0.2, 0.25) is 5.91 Å². The van der Waals surface area contributed by atoms with Crippen molar-refractivity contribution >= 4 is 34.2 Å². The van der Waals surface area contributed by atoms with Crippen molar-refractivity contribution in [3.63, 3.8) is 0 Å². The second-order valence-electron chi connectivity index (χ2n) is 5.07. The summed E-state index contributed by atoms with van der Waals surface area (Å²) in [6.45, 7) is 5.33. The van der Waals surface area contributed by atoms with Crippen molar-refractivity contribution in [3.8, 4) is 0 Å². The Bertz CT molecular complexity index is 606. The summed E-state index contributed by atoms with van der Waals surface area (Å²) in [5.74, 6) is 0.397. The summed E-state index contributed by atoms with van der Waals surface area (Å²) in [6, 6.07) is 8.28. The predicted octanol–water partition coefficient (Wildman–Crippen LogP) is 1.47. The molecule has 0 atom stereocenters.